The van der Waals surface area contributed by atoms with Crippen molar-refractivity contribution in [2.24, 2.45) is 0 Å². The fraction of sp³-hybridized carbons (Fsp3) is 0.440. The van der Waals surface area contributed by atoms with Crippen LogP contribution in [0.3, 0.4) is 0 Å². The highest BCUT2D eigenvalue weighted by Gasteiger charge is 2.44. The maximum absolute atomic E-state index is 13.3. The highest BCUT2D eigenvalue weighted by Crippen LogP contribution is 2.29. The monoisotopic (exact) mass is 487 g/mol. The Hall–Kier alpha value is -3.21. The summed E-state index contributed by atoms with van der Waals surface area (Å²) in [5.41, 5.74) is 1.11. The van der Waals surface area contributed by atoms with Gasteiger partial charge in [0.15, 0.2) is 0 Å². The molecule has 0 spiro atoms. The molecule has 2 aliphatic rings. The second-order valence-corrected chi connectivity index (χ2v) is 8.66. The number of piperazine rings is 1. The minimum atomic E-state index is -1.26. The molecule has 2 heterocycles. The second-order valence-electron chi connectivity index (χ2n) is 8.66. The van der Waals surface area contributed by atoms with Crippen LogP contribution in [0.5, 0.6) is 5.75 Å². The summed E-state index contributed by atoms with van der Waals surface area (Å²) in [6, 6.07) is 12.9. The van der Waals surface area contributed by atoms with Gasteiger partial charge in [-0.25, -0.2) is 4.39 Å². The van der Waals surface area contributed by atoms with Crippen molar-refractivity contribution in [1.29, 1.82) is 0 Å². The normalized spacial score (nSPS) is 24.3. The van der Waals surface area contributed by atoms with E-state index in [2.05, 4.69) is 10.2 Å². The van der Waals surface area contributed by atoms with Crippen LogP contribution in [0, 0.1) is 5.82 Å². The van der Waals surface area contributed by atoms with Crippen molar-refractivity contribution in [2.75, 3.05) is 44.7 Å². The summed E-state index contributed by atoms with van der Waals surface area (Å²) in [5, 5.41) is 23.3. The zero-order chi connectivity index (χ0) is 24.9. The largest absolute Gasteiger partial charge is 0.495 e. The SMILES string of the molecule is COc1ccccc1N1CCN(C(=O)CC2OC(CNC(=O)c3cccc(F)c3)C(O)C2O)CC1. The highest BCUT2D eigenvalue weighted by atomic mass is 19.1. The summed E-state index contributed by atoms with van der Waals surface area (Å²) in [7, 11) is 1.63. The average Bonchev–Trinajstić information content (AvgIpc) is 3.15. The number of benzene rings is 2. The van der Waals surface area contributed by atoms with E-state index < -0.39 is 36.1 Å². The quantitative estimate of drug-likeness (QED) is 0.530. The van der Waals surface area contributed by atoms with Crippen LogP contribution in [-0.4, -0.2) is 91.2 Å². The van der Waals surface area contributed by atoms with Crippen LogP contribution in [0.2, 0.25) is 0 Å². The number of ether oxygens (including phenoxy) is 2. The lowest BCUT2D eigenvalue weighted by Gasteiger charge is -2.37. The third-order valence-electron chi connectivity index (χ3n) is 6.45. The topological polar surface area (TPSA) is 112 Å². The molecule has 2 fully saturated rings. The number of methoxy groups -OCH3 is 1. The fourth-order valence-corrected chi connectivity index (χ4v) is 4.48. The van der Waals surface area contributed by atoms with Gasteiger partial charge in [0.25, 0.3) is 5.91 Å². The number of carbonyl (C=O) groups is 2. The molecular weight excluding hydrogens is 457 g/mol. The van der Waals surface area contributed by atoms with Crippen LogP contribution in [0.1, 0.15) is 16.8 Å². The molecule has 4 unspecified atom stereocenters. The van der Waals surface area contributed by atoms with Crippen LogP contribution in [-0.2, 0) is 9.53 Å². The molecule has 2 aromatic rings. The molecule has 10 heteroatoms. The number of halogens is 1. The van der Waals surface area contributed by atoms with E-state index in [9.17, 15) is 24.2 Å². The summed E-state index contributed by atoms with van der Waals surface area (Å²) in [5.74, 6) is -0.459. The van der Waals surface area contributed by atoms with Crippen molar-refractivity contribution in [1.82, 2.24) is 10.2 Å². The number of rotatable bonds is 7. The van der Waals surface area contributed by atoms with Gasteiger partial charge >= 0.3 is 0 Å². The molecular formula is C25H30FN3O6. The third kappa shape index (κ3) is 5.72. The van der Waals surface area contributed by atoms with E-state index in [0.29, 0.717) is 26.2 Å². The first-order valence-corrected chi connectivity index (χ1v) is 11.6. The minimum Gasteiger partial charge on any atom is -0.495 e. The molecule has 0 aromatic heterocycles. The molecule has 3 N–H and O–H groups in total. The van der Waals surface area contributed by atoms with Gasteiger partial charge in [-0.3, -0.25) is 9.59 Å². The number of anilines is 1. The van der Waals surface area contributed by atoms with Gasteiger partial charge in [0.05, 0.1) is 25.3 Å². The predicted molar refractivity (Wildman–Crippen MR) is 126 cm³/mol. The van der Waals surface area contributed by atoms with Gasteiger partial charge in [-0.1, -0.05) is 18.2 Å². The van der Waals surface area contributed by atoms with Crippen molar-refractivity contribution in [3.8, 4) is 5.75 Å². The molecule has 2 aliphatic heterocycles. The van der Waals surface area contributed by atoms with Crippen molar-refractivity contribution < 1.29 is 33.7 Å². The van der Waals surface area contributed by atoms with E-state index in [1.807, 2.05) is 24.3 Å². The number of nitrogens with zero attached hydrogens (tertiary/aromatic N) is 2. The molecule has 0 saturated carbocycles. The Balaban J connectivity index is 1.27. The molecule has 2 aromatic carbocycles. The molecule has 9 nitrogen and oxygen atoms in total. The van der Waals surface area contributed by atoms with Crippen LogP contribution in [0.25, 0.3) is 0 Å². The Morgan fingerprint density at radius 2 is 1.77 bits per heavy atom. The summed E-state index contributed by atoms with van der Waals surface area (Å²) in [4.78, 5) is 29.0. The van der Waals surface area contributed by atoms with Crippen LogP contribution < -0.4 is 15.0 Å². The van der Waals surface area contributed by atoms with Gasteiger partial charge in [-0.2, -0.15) is 0 Å². The summed E-state index contributed by atoms with van der Waals surface area (Å²) < 4.78 is 24.5. The first-order valence-electron chi connectivity index (χ1n) is 11.6. The van der Waals surface area contributed by atoms with Gasteiger partial charge in [0, 0.05) is 38.3 Å². The van der Waals surface area contributed by atoms with Gasteiger partial charge in [-0.15, -0.1) is 0 Å². The first kappa shape index (κ1) is 24.9. The lowest BCUT2D eigenvalue weighted by molar-refractivity contribution is -0.135. The third-order valence-corrected chi connectivity index (χ3v) is 6.45. The highest BCUT2D eigenvalue weighted by molar-refractivity contribution is 5.94. The van der Waals surface area contributed by atoms with Gasteiger partial charge in [0.2, 0.25) is 5.91 Å². The Morgan fingerprint density at radius 1 is 1.06 bits per heavy atom. The second kappa shape index (κ2) is 11.0. The number of amides is 2. The number of para-hydroxylation sites is 2. The van der Waals surface area contributed by atoms with Crippen LogP contribution >= 0.6 is 0 Å². The number of carbonyl (C=O) groups excluding carboxylic acids is 2. The van der Waals surface area contributed by atoms with Crippen molar-refractivity contribution >= 4 is 17.5 Å². The minimum absolute atomic E-state index is 0.0821. The predicted octanol–water partition coefficient (Wildman–Crippen LogP) is 0.792. The molecule has 2 saturated heterocycles. The molecule has 188 valence electrons. The van der Waals surface area contributed by atoms with Crippen molar-refractivity contribution in [2.45, 2.75) is 30.8 Å². The Morgan fingerprint density at radius 3 is 2.49 bits per heavy atom. The number of aliphatic hydroxyl groups is 2. The van der Waals surface area contributed by atoms with E-state index >= 15 is 0 Å². The van der Waals surface area contributed by atoms with Crippen LogP contribution in [0.4, 0.5) is 10.1 Å². The van der Waals surface area contributed by atoms with E-state index in [1.165, 1.54) is 18.2 Å². The molecule has 35 heavy (non-hydrogen) atoms. The number of aliphatic hydroxyl groups excluding tert-OH is 2. The molecule has 4 atom stereocenters. The standard InChI is InChI=1S/C25H30FN3O6/c1-34-19-8-3-2-7-18(19)28-9-11-29(12-10-28)22(30)14-20-23(31)24(32)21(35-20)15-27-25(33)16-5-4-6-17(26)13-16/h2-8,13,20-21,23-24,31-32H,9-12,14-15H2,1H3,(H,27,33). The summed E-state index contributed by atoms with van der Waals surface area (Å²) >= 11 is 0. The van der Waals surface area contributed by atoms with E-state index in [4.69, 9.17) is 9.47 Å². The van der Waals surface area contributed by atoms with Gasteiger partial charge in [0.1, 0.15) is 29.9 Å². The number of hydrogen-bond acceptors (Lipinski definition) is 7. The number of hydrogen-bond donors (Lipinski definition) is 3. The first-order chi connectivity index (χ1) is 16.9. The van der Waals surface area contributed by atoms with Crippen LogP contribution in [0.15, 0.2) is 48.5 Å². The lowest BCUT2D eigenvalue weighted by atomic mass is 10.0. The molecule has 0 bridgehead atoms. The zero-order valence-electron chi connectivity index (χ0n) is 19.5. The molecule has 4 rings (SSSR count). The van der Waals surface area contributed by atoms with E-state index in [1.54, 1.807) is 12.0 Å². The van der Waals surface area contributed by atoms with E-state index in [0.717, 1.165) is 17.5 Å². The number of nitrogens with one attached hydrogen (secondary N) is 1. The van der Waals surface area contributed by atoms with Gasteiger partial charge < -0.3 is 34.8 Å². The summed E-state index contributed by atoms with van der Waals surface area (Å²) in [6.07, 6.45) is -4.38. The molecule has 2 amide bonds. The van der Waals surface area contributed by atoms with Gasteiger partial charge in [-0.05, 0) is 30.3 Å². The van der Waals surface area contributed by atoms with Crippen molar-refractivity contribution in [3.63, 3.8) is 0 Å². The molecule has 0 radical (unpaired) electrons. The Labute approximate surface area is 203 Å². The smallest absolute Gasteiger partial charge is 0.251 e. The molecule has 0 aliphatic carbocycles. The maximum atomic E-state index is 13.3. The lowest BCUT2D eigenvalue weighted by Crippen LogP contribution is -2.50. The van der Waals surface area contributed by atoms with E-state index in [-0.39, 0.29) is 24.4 Å². The Kier molecular flexibility index (Phi) is 7.84. The Bertz CT molecular complexity index is 1050. The fourth-order valence-electron chi connectivity index (χ4n) is 4.48. The maximum Gasteiger partial charge on any atom is 0.251 e. The summed E-state index contributed by atoms with van der Waals surface area (Å²) in [6.45, 7) is 2.20. The average molecular weight is 488 g/mol. The van der Waals surface area contributed by atoms with Crippen molar-refractivity contribution in [3.05, 3.63) is 59.9 Å². The zero-order valence-corrected chi connectivity index (χ0v) is 19.5.